The zero-order valence-electron chi connectivity index (χ0n) is 15.3. The molecule has 0 aromatic carbocycles. The lowest BCUT2D eigenvalue weighted by Crippen LogP contribution is -1.92. The molecule has 0 aliphatic rings. The largest absolute Gasteiger partial charge is 0.296 e. The van der Waals surface area contributed by atoms with Crippen LogP contribution in [0.15, 0.2) is 75.4 Å². The third-order valence-corrected chi connectivity index (χ3v) is 3.27. The van der Waals surface area contributed by atoms with Crippen LogP contribution in [0, 0.1) is 0 Å². The van der Waals surface area contributed by atoms with Gasteiger partial charge in [0.25, 0.3) is 0 Å². The Hall–Kier alpha value is -1.89. The lowest BCUT2D eigenvalue weighted by atomic mass is 9.95. The van der Waals surface area contributed by atoms with Crippen LogP contribution in [0.2, 0.25) is 0 Å². The Morgan fingerprint density at radius 3 is 2.09 bits per heavy atom. The Kier molecular flexibility index (Phi) is 9.86. The van der Waals surface area contributed by atoms with E-state index in [-0.39, 0.29) is 0 Å². The van der Waals surface area contributed by atoms with E-state index in [1.165, 1.54) is 27.9 Å². The molecule has 0 bridgehead atoms. The van der Waals surface area contributed by atoms with Gasteiger partial charge in [-0.25, -0.2) is 0 Å². The molecule has 0 aliphatic carbocycles. The van der Waals surface area contributed by atoms with Crippen molar-refractivity contribution >= 4 is 6.21 Å². The lowest BCUT2D eigenvalue weighted by molar-refractivity contribution is 1.17. The molecular formula is C21H31N. The van der Waals surface area contributed by atoms with E-state index in [1.54, 1.807) is 0 Å². The zero-order chi connectivity index (χ0) is 17.1. The van der Waals surface area contributed by atoms with E-state index < -0.39 is 0 Å². The predicted octanol–water partition coefficient (Wildman–Crippen LogP) is 6.38. The standard InChI is InChI=1S/C21H31N/c1-9-18(7)13-20(14-19(10-2)15-22-8)21(17(5)6)12-11-16(3)4/h9,11-15H,3,10H2,1-2,4-8H3/b12-11-,18-9+,19-14-,20-13+,22-15?. The number of rotatable bonds is 7. The molecule has 0 heterocycles. The van der Waals surface area contributed by atoms with Crippen LogP contribution < -0.4 is 0 Å². The molecule has 0 atom stereocenters. The molecule has 0 aromatic heterocycles. The molecule has 0 aliphatic heterocycles. The first kappa shape index (κ1) is 20.1. The van der Waals surface area contributed by atoms with Crippen molar-refractivity contribution in [3.63, 3.8) is 0 Å². The molecule has 1 nitrogen and oxygen atoms in total. The second kappa shape index (κ2) is 10.8. The molecule has 0 aromatic rings. The van der Waals surface area contributed by atoms with Crippen LogP contribution in [0.3, 0.4) is 0 Å². The maximum absolute atomic E-state index is 4.15. The van der Waals surface area contributed by atoms with E-state index in [1.807, 2.05) is 20.2 Å². The molecule has 0 fully saturated rings. The van der Waals surface area contributed by atoms with Gasteiger partial charge in [0.1, 0.15) is 0 Å². The molecule has 0 spiro atoms. The normalized spacial score (nSPS) is 14.0. The average molecular weight is 297 g/mol. The Morgan fingerprint density at radius 1 is 1.05 bits per heavy atom. The van der Waals surface area contributed by atoms with Crippen LogP contribution in [0.5, 0.6) is 0 Å². The SMILES string of the molecule is C=C(C)/C=C\C(=C(C)C)C(/C=C(\C=NC)CC)=C/C(C)=C/C. The Labute approximate surface area is 137 Å². The van der Waals surface area contributed by atoms with Gasteiger partial charge in [0.15, 0.2) is 0 Å². The molecule has 0 saturated carbocycles. The molecular weight excluding hydrogens is 266 g/mol. The third kappa shape index (κ3) is 7.78. The van der Waals surface area contributed by atoms with Crippen LogP contribution in [0.4, 0.5) is 0 Å². The first-order valence-electron chi connectivity index (χ1n) is 7.84. The Bertz CT molecular complexity index is 557. The fourth-order valence-corrected chi connectivity index (χ4v) is 1.90. The fourth-order valence-electron chi connectivity index (χ4n) is 1.90. The van der Waals surface area contributed by atoms with E-state index in [4.69, 9.17) is 0 Å². The highest BCUT2D eigenvalue weighted by Gasteiger charge is 2.04. The van der Waals surface area contributed by atoms with Crippen molar-refractivity contribution in [3.8, 4) is 0 Å². The summed E-state index contributed by atoms with van der Waals surface area (Å²) in [5.74, 6) is 0. The molecule has 120 valence electrons. The highest BCUT2D eigenvalue weighted by atomic mass is 14.6. The summed E-state index contributed by atoms with van der Waals surface area (Å²) in [5.41, 5.74) is 7.26. The van der Waals surface area contributed by atoms with Gasteiger partial charge in [-0.2, -0.15) is 0 Å². The molecule has 0 radical (unpaired) electrons. The van der Waals surface area contributed by atoms with Gasteiger partial charge < -0.3 is 0 Å². The number of hydrogen-bond acceptors (Lipinski definition) is 1. The van der Waals surface area contributed by atoms with Crippen molar-refractivity contribution in [2.75, 3.05) is 7.05 Å². The minimum Gasteiger partial charge on any atom is -0.296 e. The Balaban J connectivity index is 6.12. The summed E-state index contributed by atoms with van der Waals surface area (Å²) in [6, 6.07) is 0. The van der Waals surface area contributed by atoms with Crippen molar-refractivity contribution in [2.45, 2.75) is 48.0 Å². The number of nitrogens with zero attached hydrogens (tertiary/aromatic N) is 1. The summed E-state index contributed by atoms with van der Waals surface area (Å²) in [6.07, 6.45) is 13.7. The maximum atomic E-state index is 4.15. The van der Waals surface area contributed by atoms with Gasteiger partial charge >= 0.3 is 0 Å². The van der Waals surface area contributed by atoms with Gasteiger partial charge in [0, 0.05) is 13.3 Å². The minimum absolute atomic E-state index is 0.962. The molecule has 1 heteroatoms. The fraction of sp³-hybridized carbons (Fsp3) is 0.381. The van der Waals surface area contributed by atoms with Crippen LogP contribution in [0.1, 0.15) is 48.0 Å². The van der Waals surface area contributed by atoms with E-state index in [0.717, 1.165) is 12.0 Å². The molecule has 0 rings (SSSR count). The summed E-state index contributed by atoms with van der Waals surface area (Å²) in [5, 5.41) is 0. The number of aliphatic imine (C=N–C) groups is 1. The van der Waals surface area contributed by atoms with E-state index in [0.29, 0.717) is 0 Å². The van der Waals surface area contributed by atoms with Gasteiger partial charge in [0.2, 0.25) is 0 Å². The molecule has 22 heavy (non-hydrogen) atoms. The summed E-state index contributed by atoms with van der Waals surface area (Å²) in [6.45, 7) is 16.6. The van der Waals surface area contributed by atoms with E-state index in [9.17, 15) is 0 Å². The first-order chi connectivity index (χ1) is 10.3. The van der Waals surface area contributed by atoms with E-state index in [2.05, 4.69) is 76.6 Å². The number of allylic oxidation sites excluding steroid dienone is 11. The second-order valence-electron chi connectivity index (χ2n) is 5.69. The van der Waals surface area contributed by atoms with Gasteiger partial charge in [-0.3, -0.25) is 4.99 Å². The van der Waals surface area contributed by atoms with Crippen molar-refractivity contribution in [2.24, 2.45) is 4.99 Å². The van der Waals surface area contributed by atoms with Crippen molar-refractivity contribution in [1.82, 2.24) is 0 Å². The van der Waals surface area contributed by atoms with Crippen molar-refractivity contribution < 1.29 is 0 Å². The summed E-state index contributed by atoms with van der Waals surface area (Å²) >= 11 is 0. The summed E-state index contributed by atoms with van der Waals surface area (Å²) in [4.78, 5) is 4.15. The van der Waals surface area contributed by atoms with Gasteiger partial charge in [0.05, 0.1) is 0 Å². The average Bonchev–Trinajstić information content (AvgIpc) is 2.45. The quantitative estimate of drug-likeness (QED) is 0.381. The van der Waals surface area contributed by atoms with Crippen LogP contribution in [0.25, 0.3) is 0 Å². The highest BCUT2D eigenvalue weighted by Crippen LogP contribution is 2.22. The summed E-state index contributed by atoms with van der Waals surface area (Å²) < 4.78 is 0. The topological polar surface area (TPSA) is 12.4 Å². The number of hydrogen-bond donors (Lipinski definition) is 0. The summed E-state index contributed by atoms with van der Waals surface area (Å²) in [7, 11) is 1.81. The minimum atomic E-state index is 0.962. The van der Waals surface area contributed by atoms with Gasteiger partial charge in [-0.05, 0) is 63.8 Å². The predicted molar refractivity (Wildman–Crippen MR) is 103 cm³/mol. The monoisotopic (exact) mass is 297 g/mol. The molecule has 0 amide bonds. The van der Waals surface area contributed by atoms with Crippen molar-refractivity contribution in [1.29, 1.82) is 0 Å². The highest BCUT2D eigenvalue weighted by molar-refractivity contribution is 5.80. The zero-order valence-corrected chi connectivity index (χ0v) is 15.3. The van der Waals surface area contributed by atoms with E-state index >= 15 is 0 Å². The smallest absolute Gasteiger partial charge is 0.0277 e. The lowest BCUT2D eigenvalue weighted by Gasteiger charge is -2.10. The first-order valence-corrected chi connectivity index (χ1v) is 7.84. The molecule has 0 saturated heterocycles. The molecule has 0 unspecified atom stereocenters. The van der Waals surface area contributed by atoms with Gasteiger partial charge in [-0.15, -0.1) is 0 Å². The van der Waals surface area contributed by atoms with Crippen LogP contribution in [-0.4, -0.2) is 13.3 Å². The van der Waals surface area contributed by atoms with Crippen LogP contribution >= 0.6 is 0 Å². The maximum Gasteiger partial charge on any atom is 0.0277 e. The van der Waals surface area contributed by atoms with Gasteiger partial charge in [-0.1, -0.05) is 54.5 Å². The molecule has 0 N–H and O–H groups in total. The van der Waals surface area contributed by atoms with Crippen LogP contribution in [-0.2, 0) is 0 Å². The third-order valence-electron chi connectivity index (χ3n) is 3.27. The van der Waals surface area contributed by atoms with Crippen molar-refractivity contribution in [3.05, 3.63) is 70.4 Å². The Morgan fingerprint density at radius 2 is 1.68 bits per heavy atom. The second-order valence-corrected chi connectivity index (χ2v) is 5.69.